The summed E-state index contributed by atoms with van der Waals surface area (Å²) in [4.78, 5) is 23.8. The summed E-state index contributed by atoms with van der Waals surface area (Å²) in [6.07, 6.45) is 0.961. The van der Waals surface area contributed by atoms with Gasteiger partial charge in [-0.05, 0) is 19.3 Å². The maximum Gasteiger partial charge on any atom is 0.337 e. The molecule has 0 aromatic heterocycles. The Morgan fingerprint density at radius 3 is 2.62 bits per heavy atom. The van der Waals surface area contributed by atoms with E-state index in [1.165, 1.54) is 0 Å². The van der Waals surface area contributed by atoms with Gasteiger partial charge in [-0.15, -0.1) is 0 Å². The molecule has 16 heavy (non-hydrogen) atoms. The topological polar surface area (TPSA) is 89.9 Å². The Morgan fingerprint density at radius 2 is 2.19 bits per heavy atom. The zero-order chi connectivity index (χ0) is 12.3. The van der Waals surface area contributed by atoms with Crippen LogP contribution in [0.1, 0.15) is 20.3 Å². The normalized spacial score (nSPS) is 23.9. The van der Waals surface area contributed by atoms with Gasteiger partial charge in [0, 0.05) is 13.1 Å². The van der Waals surface area contributed by atoms with Crippen LogP contribution in [-0.4, -0.2) is 52.3 Å². The van der Waals surface area contributed by atoms with Crippen LogP contribution in [0.2, 0.25) is 0 Å². The Hall–Kier alpha value is -1.30. The smallest absolute Gasteiger partial charge is 0.337 e. The predicted molar refractivity (Wildman–Crippen MR) is 57.0 cm³/mol. The van der Waals surface area contributed by atoms with Crippen LogP contribution in [0.5, 0.6) is 0 Å². The van der Waals surface area contributed by atoms with Crippen molar-refractivity contribution in [3.05, 3.63) is 0 Å². The summed E-state index contributed by atoms with van der Waals surface area (Å²) < 4.78 is 0. The third-order valence-corrected chi connectivity index (χ3v) is 2.76. The number of hydrogen-bond donors (Lipinski definition) is 3. The minimum Gasteiger partial charge on any atom is -0.479 e. The molecule has 1 saturated heterocycles. The highest BCUT2D eigenvalue weighted by Gasteiger charge is 2.31. The van der Waals surface area contributed by atoms with Gasteiger partial charge in [0.2, 0.25) is 0 Å². The zero-order valence-electron chi connectivity index (χ0n) is 9.56. The molecule has 0 aromatic carbocycles. The number of carbonyl (C=O) groups is 2. The van der Waals surface area contributed by atoms with Crippen LogP contribution in [0.3, 0.4) is 0 Å². The van der Waals surface area contributed by atoms with Gasteiger partial charge in [0.15, 0.2) is 5.60 Å². The summed E-state index contributed by atoms with van der Waals surface area (Å²) in [6, 6.07) is -0.314. The van der Waals surface area contributed by atoms with Crippen molar-refractivity contribution in [1.82, 2.24) is 10.2 Å². The molecule has 3 N–H and O–H groups in total. The van der Waals surface area contributed by atoms with Gasteiger partial charge in [0.05, 0.1) is 6.54 Å². The fraction of sp³-hybridized carbons (Fsp3) is 0.800. The molecule has 2 amide bonds. The maximum atomic E-state index is 11.6. The second-order valence-corrected chi connectivity index (χ2v) is 4.58. The van der Waals surface area contributed by atoms with Crippen molar-refractivity contribution in [2.24, 2.45) is 5.92 Å². The van der Waals surface area contributed by atoms with Crippen LogP contribution in [0, 0.1) is 5.92 Å². The standard InChI is InChI=1S/C10H18N2O4/c1-7-3-4-12(5-7)9(15)11-6-10(2,16)8(13)14/h7,16H,3-6H2,1-2H3,(H,11,15)(H,13,14). The van der Waals surface area contributed by atoms with Crippen molar-refractivity contribution < 1.29 is 19.8 Å². The molecule has 2 atom stereocenters. The molecule has 0 radical (unpaired) electrons. The van der Waals surface area contributed by atoms with E-state index in [9.17, 15) is 14.7 Å². The van der Waals surface area contributed by atoms with Crippen LogP contribution < -0.4 is 5.32 Å². The van der Waals surface area contributed by atoms with Crippen LogP contribution >= 0.6 is 0 Å². The lowest BCUT2D eigenvalue weighted by Crippen LogP contribution is -2.49. The van der Waals surface area contributed by atoms with Gasteiger partial charge >= 0.3 is 12.0 Å². The van der Waals surface area contributed by atoms with Gasteiger partial charge < -0.3 is 20.4 Å². The first kappa shape index (κ1) is 12.8. The van der Waals surface area contributed by atoms with Gasteiger partial charge in [0.1, 0.15) is 0 Å². The highest BCUT2D eigenvalue weighted by atomic mass is 16.4. The van der Waals surface area contributed by atoms with Crippen LogP contribution in [-0.2, 0) is 4.79 Å². The number of aliphatic carboxylic acids is 1. The van der Waals surface area contributed by atoms with Crippen molar-refractivity contribution in [2.75, 3.05) is 19.6 Å². The number of carboxylic acid groups (broad SMARTS) is 1. The molecule has 6 nitrogen and oxygen atoms in total. The average molecular weight is 230 g/mol. The van der Waals surface area contributed by atoms with Crippen LogP contribution in [0.25, 0.3) is 0 Å². The Bertz CT molecular complexity index is 291. The molecule has 1 heterocycles. The molecule has 1 aliphatic rings. The first-order chi connectivity index (χ1) is 7.33. The Morgan fingerprint density at radius 1 is 1.56 bits per heavy atom. The Kier molecular flexibility index (Phi) is 3.74. The monoisotopic (exact) mass is 230 g/mol. The van der Waals surface area contributed by atoms with Gasteiger partial charge in [0.25, 0.3) is 0 Å². The molecular formula is C10H18N2O4. The van der Waals surface area contributed by atoms with Crippen molar-refractivity contribution in [3.63, 3.8) is 0 Å². The van der Waals surface area contributed by atoms with Gasteiger partial charge in [-0.1, -0.05) is 6.92 Å². The summed E-state index contributed by atoms with van der Waals surface area (Å²) in [5.74, 6) is -0.867. The van der Waals surface area contributed by atoms with Crippen molar-refractivity contribution in [3.8, 4) is 0 Å². The Labute approximate surface area is 94.2 Å². The molecule has 92 valence electrons. The molecular weight excluding hydrogens is 212 g/mol. The molecule has 2 unspecified atom stereocenters. The van der Waals surface area contributed by atoms with E-state index in [0.717, 1.165) is 13.3 Å². The average Bonchev–Trinajstić information content (AvgIpc) is 2.61. The molecule has 1 aliphatic heterocycles. The summed E-state index contributed by atoms with van der Waals surface area (Å²) in [6.45, 7) is 4.29. The van der Waals surface area contributed by atoms with Gasteiger partial charge in [-0.25, -0.2) is 9.59 Å². The number of rotatable bonds is 3. The lowest BCUT2D eigenvalue weighted by molar-refractivity contribution is -0.155. The van der Waals surface area contributed by atoms with E-state index in [4.69, 9.17) is 5.11 Å². The number of urea groups is 1. The Balaban J connectivity index is 2.38. The molecule has 0 aromatic rings. The van der Waals surface area contributed by atoms with Crippen molar-refractivity contribution in [2.45, 2.75) is 25.9 Å². The van der Waals surface area contributed by atoms with E-state index < -0.39 is 11.6 Å². The van der Waals surface area contributed by atoms with Crippen molar-refractivity contribution >= 4 is 12.0 Å². The quantitative estimate of drug-likeness (QED) is 0.630. The SMILES string of the molecule is CC1CCN(C(=O)NCC(C)(O)C(=O)O)C1. The number of likely N-dealkylation sites (tertiary alicyclic amines) is 1. The molecule has 0 saturated carbocycles. The largest absolute Gasteiger partial charge is 0.479 e. The molecule has 0 bridgehead atoms. The first-order valence-electron chi connectivity index (χ1n) is 5.31. The fourth-order valence-electron chi connectivity index (χ4n) is 1.55. The number of nitrogens with zero attached hydrogens (tertiary/aromatic N) is 1. The highest BCUT2D eigenvalue weighted by molar-refractivity contribution is 5.79. The van der Waals surface area contributed by atoms with Crippen molar-refractivity contribution in [1.29, 1.82) is 0 Å². The molecule has 1 fully saturated rings. The summed E-state index contributed by atoms with van der Waals surface area (Å²) in [7, 11) is 0. The second-order valence-electron chi connectivity index (χ2n) is 4.58. The van der Waals surface area contributed by atoms with Gasteiger partial charge in [-0.2, -0.15) is 0 Å². The lowest BCUT2D eigenvalue weighted by atomic mass is 10.1. The van der Waals surface area contributed by atoms with E-state index in [-0.39, 0.29) is 12.6 Å². The fourth-order valence-corrected chi connectivity index (χ4v) is 1.55. The number of hydrogen-bond acceptors (Lipinski definition) is 3. The molecule has 6 heteroatoms. The maximum absolute atomic E-state index is 11.6. The number of amides is 2. The number of aliphatic hydroxyl groups is 1. The van der Waals surface area contributed by atoms with Crippen LogP contribution in [0.15, 0.2) is 0 Å². The molecule has 0 aliphatic carbocycles. The van der Waals surface area contributed by atoms with E-state index in [2.05, 4.69) is 12.2 Å². The number of carboxylic acids is 1. The van der Waals surface area contributed by atoms with E-state index in [0.29, 0.717) is 19.0 Å². The lowest BCUT2D eigenvalue weighted by Gasteiger charge is -2.22. The van der Waals surface area contributed by atoms with E-state index >= 15 is 0 Å². The summed E-state index contributed by atoms with van der Waals surface area (Å²) in [5.41, 5.74) is -1.92. The number of nitrogens with one attached hydrogen (secondary N) is 1. The third kappa shape index (κ3) is 3.10. The first-order valence-corrected chi connectivity index (χ1v) is 5.31. The minimum atomic E-state index is -1.92. The summed E-state index contributed by atoms with van der Waals surface area (Å²) >= 11 is 0. The van der Waals surface area contributed by atoms with Crippen LogP contribution in [0.4, 0.5) is 4.79 Å². The molecule has 0 spiro atoms. The second kappa shape index (κ2) is 4.69. The molecule has 1 rings (SSSR count). The highest BCUT2D eigenvalue weighted by Crippen LogP contribution is 2.14. The van der Waals surface area contributed by atoms with E-state index in [1.807, 2.05) is 0 Å². The zero-order valence-corrected chi connectivity index (χ0v) is 9.56. The number of carbonyl (C=O) groups excluding carboxylic acids is 1. The summed E-state index contributed by atoms with van der Waals surface area (Å²) in [5, 5.41) is 20.5. The predicted octanol–water partition coefficient (Wildman–Crippen LogP) is -0.127. The third-order valence-electron chi connectivity index (χ3n) is 2.76. The van der Waals surface area contributed by atoms with Gasteiger partial charge in [-0.3, -0.25) is 0 Å². The van der Waals surface area contributed by atoms with E-state index in [1.54, 1.807) is 4.90 Å². The minimum absolute atomic E-state index is 0.286.